The van der Waals surface area contributed by atoms with Gasteiger partial charge in [-0.05, 0) is 5.56 Å². The Morgan fingerprint density at radius 2 is 2.18 bits per heavy atom. The molecule has 3 nitrogen and oxygen atoms in total. The summed E-state index contributed by atoms with van der Waals surface area (Å²) in [6.45, 7) is 1.79. The number of morpholine rings is 1. The molecule has 17 heavy (non-hydrogen) atoms. The normalized spacial score (nSPS) is 20.3. The van der Waals surface area contributed by atoms with Gasteiger partial charge < -0.3 is 9.64 Å². The van der Waals surface area contributed by atoms with Crippen molar-refractivity contribution in [2.24, 2.45) is 0 Å². The minimum atomic E-state index is 0.0154. The van der Waals surface area contributed by atoms with Crippen molar-refractivity contribution in [2.75, 3.05) is 25.6 Å². The molecule has 1 amide bonds. The van der Waals surface area contributed by atoms with Crippen LogP contribution in [0.25, 0.3) is 0 Å². The van der Waals surface area contributed by atoms with Crippen LogP contribution in [0.5, 0.6) is 0 Å². The molecular formula is C13H16ClNO2. The molecule has 0 spiro atoms. The molecule has 0 radical (unpaired) electrons. The lowest BCUT2D eigenvalue weighted by atomic mass is 10.1. The van der Waals surface area contributed by atoms with Gasteiger partial charge in [-0.1, -0.05) is 30.3 Å². The van der Waals surface area contributed by atoms with E-state index in [1.165, 1.54) is 0 Å². The Morgan fingerprint density at radius 1 is 1.41 bits per heavy atom. The Kier molecular flexibility index (Phi) is 4.40. The SMILES string of the molecule is O=C(Cc1ccccc1)N1CCOCC1CCl. The zero-order valence-electron chi connectivity index (χ0n) is 9.64. The van der Waals surface area contributed by atoms with Gasteiger partial charge in [-0.2, -0.15) is 0 Å². The highest BCUT2D eigenvalue weighted by molar-refractivity contribution is 6.18. The molecule has 1 heterocycles. The smallest absolute Gasteiger partial charge is 0.227 e. The highest BCUT2D eigenvalue weighted by Crippen LogP contribution is 2.11. The van der Waals surface area contributed by atoms with Gasteiger partial charge in [0.05, 0.1) is 25.7 Å². The monoisotopic (exact) mass is 253 g/mol. The second-order valence-corrected chi connectivity index (χ2v) is 4.44. The fraction of sp³-hybridized carbons (Fsp3) is 0.462. The fourth-order valence-electron chi connectivity index (χ4n) is 1.98. The standard InChI is InChI=1S/C13H16ClNO2/c14-9-12-10-17-7-6-15(12)13(16)8-11-4-2-1-3-5-11/h1-5,12H,6-10H2. The van der Waals surface area contributed by atoms with Gasteiger partial charge in [-0.3, -0.25) is 4.79 Å². The molecule has 0 aliphatic carbocycles. The maximum absolute atomic E-state index is 12.1. The number of nitrogens with zero attached hydrogens (tertiary/aromatic N) is 1. The molecule has 1 aliphatic heterocycles. The number of alkyl halides is 1. The molecule has 1 aromatic carbocycles. The van der Waals surface area contributed by atoms with Crippen LogP contribution in [0.3, 0.4) is 0 Å². The van der Waals surface area contributed by atoms with Gasteiger partial charge in [0, 0.05) is 12.4 Å². The predicted molar refractivity (Wildman–Crippen MR) is 67.2 cm³/mol. The number of carbonyl (C=O) groups is 1. The Balaban J connectivity index is 1.99. The molecule has 0 N–H and O–H groups in total. The van der Waals surface area contributed by atoms with Crippen LogP contribution in [0.4, 0.5) is 0 Å². The van der Waals surface area contributed by atoms with E-state index in [0.717, 1.165) is 5.56 Å². The first-order valence-corrected chi connectivity index (χ1v) is 6.32. The zero-order chi connectivity index (χ0) is 12.1. The van der Waals surface area contributed by atoms with Gasteiger partial charge >= 0.3 is 0 Å². The van der Waals surface area contributed by atoms with Crippen LogP contribution in [0.15, 0.2) is 30.3 Å². The number of ether oxygens (including phenoxy) is 1. The summed E-state index contributed by atoms with van der Waals surface area (Å²) in [7, 11) is 0. The van der Waals surface area contributed by atoms with Crippen LogP contribution in [-0.4, -0.2) is 42.5 Å². The van der Waals surface area contributed by atoms with Crippen molar-refractivity contribution in [3.63, 3.8) is 0 Å². The van der Waals surface area contributed by atoms with Crippen molar-refractivity contribution in [1.29, 1.82) is 0 Å². The minimum Gasteiger partial charge on any atom is -0.377 e. The van der Waals surface area contributed by atoms with Crippen molar-refractivity contribution in [3.05, 3.63) is 35.9 Å². The predicted octanol–water partition coefficient (Wildman–Crippen LogP) is 1.70. The van der Waals surface area contributed by atoms with Gasteiger partial charge in [0.15, 0.2) is 0 Å². The van der Waals surface area contributed by atoms with Crippen LogP contribution in [0.2, 0.25) is 0 Å². The molecule has 0 aromatic heterocycles. The highest BCUT2D eigenvalue weighted by atomic mass is 35.5. The Morgan fingerprint density at radius 3 is 2.88 bits per heavy atom. The van der Waals surface area contributed by atoms with Crippen LogP contribution in [0, 0.1) is 0 Å². The average Bonchev–Trinajstić information content (AvgIpc) is 2.40. The Bertz CT molecular complexity index is 369. The minimum absolute atomic E-state index is 0.0154. The third kappa shape index (κ3) is 3.20. The van der Waals surface area contributed by atoms with Gasteiger partial charge in [-0.15, -0.1) is 11.6 Å². The average molecular weight is 254 g/mol. The Labute approximate surface area is 106 Å². The molecular weight excluding hydrogens is 238 g/mol. The van der Waals surface area contributed by atoms with Gasteiger partial charge in [-0.25, -0.2) is 0 Å². The van der Waals surface area contributed by atoms with E-state index >= 15 is 0 Å². The van der Waals surface area contributed by atoms with Gasteiger partial charge in [0.2, 0.25) is 5.91 Å². The summed E-state index contributed by atoms with van der Waals surface area (Å²) in [5.74, 6) is 0.561. The summed E-state index contributed by atoms with van der Waals surface area (Å²) in [6.07, 6.45) is 0.439. The lowest BCUT2D eigenvalue weighted by Crippen LogP contribution is -2.50. The molecule has 1 aliphatic rings. The number of amides is 1. The topological polar surface area (TPSA) is 29.5 Å². The number of benzene rings is 1. The third-order valence-corrected chi connectivity index (χ3v) is 3.28. The van der Waals surface area contributed by atoms with E-state index in [1.54, 1.807) is 0 Å². The summed E-state index contributed by atoms with van der Waals surface area (Å²) in [6, 6.07) is 9.79. The molecule has 1 atom stereocenters. The van der Waals surface area contributed by atoms with E-state index in [2.05, 4.69) is 0 Å². The zero-order valence-corrected chi connectivity index (χ0v) is 10.4. The van der Waals surface area contributed by atoms with Crippen molar-refractivity contribution < 1.29 is 9.53 Å². The first-order valence-electron chi connectivity index (χ1n) is 5.78. The second kappa shape index (κ2) is 6.03. The molecule has 1 saturated heterocycles. The van der Waals surface area contributed by atoms with Crippen molar-refractivity contribution in [2.45, 2.75) is 12.5 Å². The molecule has 0 saturated carbocycles. The van der Waals surface area contributed by atoms with Gasteiger partial charge in [0.1, 0.15) is 0 Å². The highest BCUT2D eigenvalue weighted by Gasteiger charge is 2.26. The summed E-state index contributed by atoms with van der Waals surface area (Å²) in [5.41, 5.74) is 1.04. The molecule has 2 rings (SSSR count). The lowest BCUT2D eigenvalue weighted by molar-refractivity contribution is -0.138. The number of halogens is 1. The molecule has 1 aromatic rings. The first-order chi connectivity index (χ1) is 8.31. The molecule has 4 heteroatoms. The number of hydrogen-bond donors (Lipinski definition) is 0. The first kappa shape index (κ1) is 12.4. The quantitative estimate of drug-likeness (QED) is 0.768. The summed E-state index contributed by atoms with van der Waals surface area (Å²) < 4.78 is 5.33. The van der Waals surface area contributed by atoms with Crippen molar-refractivity contribution >= 4 is 17.5 Å². The van der Waals surface area contributed by atoms with E-state index in [9.17, 15) is 4.79 Å². The molecule has 0 bridgehead atoms. The third-order valence-electron chi connectivity index (χ3n) is 2.92. The molecule has 1 fully saturated rings. The largest absolute Gasteiger partial charge is 0.377 e. The number of carbonyl (C=O) groups excluding carboxylic acids is 1. The van der Waals surface area contributed by atoms with Gasteiger partial charge in [0.25, 0.3) is 0 Å². The van der Waals surface area contributed by atoms with E-state index < -0.39 is 0 Å². The number of rotatable bonds is 3. The fourth-order valence-corrected chi connectivity index (χ4v) is 2.24. The molecule has 1 unspecified atom stereocenters. The number of hydrogen-bond acceptors (Lipinski definition) is 2. The lowest BCUT2D eigenvalue weighted by Gasteiger charge is -2.34. The van der Waals surface area contributed by atoms with E-state index in [-0.39, 0.29) is 11.9 Å². The maximum Gasteiger partial charge on any atom is 0.227 e. The van der Waals surface area contributed by atoms with Crippen molar-refractivity contribution in [3.8, 4) is 0 Å². The summed E-state index contributed by atoms with van der Waals surface area (Å²) in [5, 5.41) is 0. The van der Waals surface area contributed by atoms with Crippen LogP contribution < -0.4 is 0 Å². The second-order valence-electron chi connectivity index (χ2n) is 4.13. The molecule has 92 valence electrons. The van der Waals surface area contributed by atoms with Crippen molar-refractivity contribution in [1.82, 2.24) is 4.90 Å². The van der Waals surface area contributed by atoms with E-state index in [0.29, 0.717) is 32.1 Å². The van der Waals surface area contributed by atoms with Crippen LogP contribution in [0.1, 0.15) is 5.56 Å². The maximum atomic E-state index is 12.1. The van der Waals surface area contributed by atoms with E-state index in [4.69, 9.17) is 16.3 Å². The summed E-state index contributed by atoms with van der Waals surface area (Å²) in [4.78, 5) is 14.0. The van der Waals surface area contributed by atoms with Crippen LogP contribution in [-0.2, 0) is 16.0 Å². The summed E-state index contributed by atoms with van der Waals surface area (Å²) >= 11 is 5.85. The Hall–Kier alpha value is -1.06. The van der Waals surface area contributed by atoms with Crippen LogP contribution >= 0.6 is 11.6 Å². The van der Waals surface area contributed by atoms with E-state index in [1.807, 2.05) is 35.2 Å².